The molecular formula is C16H24N2O2. The van der Waals surface area contributed by atoms with E-state index in [4.69, 9.17) is 10.5 Å². The predicted molar refractivity (Wildman–Crippen MR) is 80.6 cm³/mol. The van der Waals surface area contributed by atoms with E-state index in [-0.39, 0.29) is 5.97 Å². The third-order valence-electron chi connectivity index (χ3n) is 3.75. The molecule has 0 saturated carbocycles. The summed E-state index contributed by atoms with van der Waals surface area (Å²) < 4.78 is 5.04. The summed E-state index contributed by atoms with van der Waals surface area (Å²) in [7, 11) is 0. The van der Waals surface area contributed by atoms with Crippen LogP contribution in [0.1, 0.15) is 48.5 Å². The van der Waals surface area contributed by atoms with Gasteiger partial charge < -0.3 is 10.5 Å². The monoisotopic (exact) mass is 276 g/mol. The van der Waals surface area contributed by atoms with E-state index in [9.17, 15) is 4.79 Å². The van der Waals surface area contributed by atoms with Gasteiger partial charge in [-0.3, -0.25) is 4.90 Å². The maximum absolute atomic E-state index is 11.8. The van der Waals surface area contributed by atoms with Gasteiger partial charge in [0.05, 0.1) is 12.2 Å². The van der Waals surface area contributed by atoms with Gasteiger partial charge in [-0.25, -0.2) is 4.79 Å². The Balaban J connectivity index is 2.09. The Bertz CT molecular complexity index is 452. The molecule has 0 aliphatic carbocycles. The largest absolute Gasteiger partial charge is 0.462 e. The van der Waals surface area contributed by atoms with Gasteiger partial charge in [0.1, 0.15) is 0 Å². The van der Waals surface area contributed by atoms with Crippen molar-refractivity contribution in [3.05, 3.63) is 29.3 Å². The summed E-state index contributed by atoms with van der Waals surface area (Å²) in [5, 5.41) is 0. The van der Waals surface area contributed by atoms with Gasteiger partial charge in [-0.15, -0.1) is 0 Å². The standard InChI is InChI=1S/C16H24N2O2/c1-2-20-16(19)13-7-8-15(17)14(11-13)12-18-9-5-3-4-6-10-18/h7-8,11H,2-6,9-10,12,17H2,1H3. The fraction of sp³-hybridized carbons (Fsp3) is 0.562. The molecule has 1 saturated heterocycles. The highest BCUT2D eigenvalue weighted by Crippen LogP contribution is 2.19. The number of nitrogen functional groups attached to an aromatic ring is 1. The molecule has 1 aliphatic heterocycles. The molecule has 1 aliphatic rings. The lowest BCUT2D eigenvalue weighted by atomic mass is 10.1. The molecule has 0 amide bonds. The third-order valence-corrected chi connectivity index (χ3v) is 3.75. The fourth-order valence-corrected chi connectivity index (χ4v) is 2.62. The van der Waals surface area contributed by atoms with Crippen molar-refractivity contribution >= 4 is 11.7 Å². The highest BCUT2D eigenvalue weighted by Gasteiger charge is 2.13. The topological polar surface area (TPSA) is 55.6 Å². The normalized spacial score (nSPS) is 16.6. The zero-order valence-corrected chi connectivity index (χ0v) is 12.2. The van der Waals surface area contributed by atoms with Crippen molar-refractivity contribution in [1.29, 1.82) is 0 Å². The van der Waals surface area contributed by atoms with Crippen molar-refractivity contribution < 1.29 is 9.53 Å². The van der Waals surface area contributed by atoms with E-state index < -0.39 is 0 Å². The molecular weight excluding hydrogens is 252 g/mol. The van der Waals surface area contributed by atoms with Crippen LogP contribution in [0, 0.1) is 0 Å². The average Bonchev–Trinajstić information content (AvgIpc) is 2.70. The first-order valence-corrected chi connectivity index (χ1v) is 7.48. The maximum Gasteiger partial charge on any atom is 0.338 e. The molecule has 4 heteroatoms. The Morgan fingerprint density at radius 1 is 1.25 bits per heavy atom. The number of hydrogen-bond donors (Lipinski definition) is 1. The molecule has 1 aromatic carbocycles. The van der Waals surface area contributed by atoms with E-state index in [0.717, 1.165) is 30.9 Å². The Labute approximate surface area is 120 Å². The first-order valence-electron chi connectivity index (χ1n) is 7.48. The molecule has 1 heterocycles. The molecule has 0 unspecified atom stereocenters. The summed E-state index contributed by atoms with van der Waals surface area (Å²) in [6.45, 7) is 5.25. The smallest absolute Gasteiger partial charge is 0.338 e. The molecule has 2 rings (SSSR count). The second kappa shape index (κ2) is 7.29. The number of carbonyl (C=O) groups is 1. The zero-order valence-electron chi connectivity index (χ0n) is 12.2. The average molecular weight is 276 g/mol. The van der Waals surface area contributed by atoms with Crippen LogP contribution in [-0.2, 0) is 11.3 Å². The molecule has 2 N–H and O–H groups in total. The van der Waals surface area contributed by atoms with Crippen LogP contribution in [0.25, 0.3) is 0 Å². The van der Waals surface area contributed by atoms with E-state index >= 15 is 0 Å². The van der Waals surface area contributed by atoms with Gasteiger partial charge in [0, 0.05) is 12.2 Å². The third kappa shape index (κ3) is 3.97. The summed E-state index contributed by atoms with van der Waals surface area (Å²) in [6.07, 6.45) is 5.12. The van der Waals surface area contributed by atoms with Gasteiger partial charge in [0.2, 0.25) is 0 Å². The fourth-order valence-electron chi connectivity index (χ4n) is 2.62. The van der Waals surface area contributed by atoms with Crippen LogP contribution in [-0.4, -0.2) is 30.6 Å². The van der Waals surface area contributed by atoms with Gasteiger partial charge in [0.15, 0.2) is 0 Å². The van der Waals surface area contributed by atoms with Gasteiger partial charge in [0.25, 0.3) is 0 Å². The highest BCUT2D eigenvalue weighted by molar-refractivity contribution is 5.90. The van der Waals surface area contributed by atoms with Gasteiger partial charge >= 0.3 is 5.97 Å². The molecule has 0 bridgehead atoms. The van der Waals surface area contributed by atoms with Gasteiger partial charge in [-0.05, 0) is 56.6 Å². The number of hydrogen-bond acceptors (Lipinski definition) is 4. The lowest BCUT2D eigenvalue weighted by molar-refractivity contribution is 0.0526. The Morgan fingerprint density at radius 3 is 2.60 bits per heavy atom. The van der Waals surface area contributed by atoms with Crippen LogP contribution in [0.15, 0.2) is 18.2 Å². The first-order chi connectivity index (χ1) is 9.70. The van der Waals surface area contributed by atoms with E-state index in [0.29, 0.717) is 12.2 Å². The zero-order chi connectivity index (χ0) is 14.4. The van der Waals surface area contributed by atoms with Crippen molar-refractivity contribution in [3.8, 4) is 0 Å². The minimum atomic E-state index is -0.274. The lowest BCUT2D eigenvalue weighted by Gasteiger charge is -2.21. The molecule has 110 valence electrons. The Kier molecular flexibility index (Phi) is 5.41. The number of ether oxygens (including phenoxy) is 1. The quantitative estimate of drug-likeness (QED) is 0.678. The summed E-state index contributed by atoms with van der Waals surface area (Å²) in [6, 6.07) is 5.41. The van der Waals surface area contributed by atoms with Gasteiger partial charge in [-0.1, -0.05) is 12.8 Å². The summed E-state index contributed by atoms with van der Waals surface area (Å²) in [5.74, 6) is -0.274. The van der Waals surface area contributed by atoms with Crippen molar-refractivity contribution in [1.82, 2.24) is 4.90 Å². The van der Waals surface area contributed by atoms with Crippen LogP contribution < -0.4 is 5.73 Å². The number of likely N-dealkylation sites (tertiary alicyclic amines) is 1. The second-order valence-electron chi connectivity index (χ2n) is 5.32. The van der Waals surface area contributed by atoms with Crippen molar-refractivity contribution in [2.24, 2.45) is 0 Å². The molecule has 0 spiro atoms. The second-order valence-corrected chi connectivity index (χ2v) is 5.32. The number of nitrogens with zero attached hydrogens (tertiary/aromatic N) is 1. The van der Waals surface area contributed by atoms with Crippen molar-refractivity contribution in [2.45, 2.75) is 39.2 Å². The molecule has 20 heavy (non-hydrogen) atoms. The number of anilines is 1. The van der Waals surface area contributed by atoms with Crippen molar-refractivity contribution in [3.63, 3.8) is 0 Å². The minimum absolute atomic E-state index is 0.274. The number of nitrogens with two attached hydrogens (primary N) is 1. The SMILES string of the molecule is CCOC(=O)c1ccc(N)c(CN2CCCCCC2)c1. The van der Waals surface area contributed by atoms with E-state index in [1.165, 1.54) is 25.7 Å². The van der Waals surface area contributed by atoms with Crippen LogP contribution in [0.4, 0.5) is 5.69 Å². The van der Waals surface area contributed by atoms with E-state index in [1.54, 1.807) is 12.1 Å². The molecule has 1 aromatic rings. The van der Waals surface area contributed by atoms with Gasteiger partial charge in [-0.2, -0.15) is 0 Å². The van der Waals surface area contributed by atoms with Crippen molar-refractivity contribution in [2.75, 3.05) is 25.4 Å². The number of esters is 1. The number of rotatable bonds is 4. The molecule has 0 aromatic heterocycles. The van der Waals surface area contributed by atoms with Crippen LogP contribution >= 0.6 is 0 Å². The van der Waals surface area contributed by atoms with Crippen LogP contribution in [0.2, 0.25) is 0 Å². The Hall–Kier alpha value is -1.55. The molecule has 4 nitrogen and oxygen atoms in total. The molecule has 1 fully saturated rings. The minimum Gasteiger partial charge on any atom is -0.462 e. The lowest BCUT2D eigenvalue weighted by Crippen LogP contribution is -2.24. The molecule has 0 atom stereocenters. The van der Waals surface area contributed by atoms with Crippen LogP contribution in [0.3, 0.4) is 0 Å². The van der Waals surface area contributed by atoms with Crippen LogP contribution in [0.5, 0.6) is 0 Å². The first kappa shape index (κ1) is 14.9. The summed E-state index contributed by atoms with van der Waals surface area (Å²) >= 11 is 0. The predicted octanol–water partition coefficient (Wildman–Crippen LogP) is 2.82. The summed E-state index contributed by atoms with van der Waals surface area (Å²) in [5.41, 5.74) is 8.41. The highest BCUT2D eigenvalue weighted by atomic mass is 16.5. The maximum atomic E-state index is 11.8. The number of benzene rings is 1. The summed E-state index contributed by atoms with van der Waals surface area (Å²) in [4.78, 5) is 14.2. The number of carbonyl (C=O) groups excluding carboxylic acids is 1. The van der Waals surface area contributed by atoms with E-state index in [2.05, 4.69) is 4.90 Å². The van der Waals surface area contributed by atoms with E-state index in [1.807, 2.05) is 13.0 Å². The Morgan fingerprint density at radius 2 is 1.95 bits per heavy atom. The molecule has 0 radical (unpaired) electrons.